The molecule has 0 unspecified atom stereocenters. The van der Waals surface area contributed by atoms with Crippen molar-refractivity contribution in [2.45, 2.75) is 33.6 Å². The number of phosphoric ester groups is 1. The van der Waals surface area contributed by atoms with Gasteiger partial charge in [0, 0.05) is 0 Å². The van der Waals surface area contributed by atoms with Crippen molar-refractivity contribution in [2.24, 2.45) is 0 Å². The van der Waals surface area contributed by atoms with Gasteiger partial charge in [0.25, 0.3) is 0 Å². The van der Waals surface area contributed by atoms with Crippen LogP contribution >= 0.6 is 7.82 Å². The van der Waals surface area contributed by atoms with Gasteiger partial charge in [0.2, 0.25) is 0 Å². The lowest BCUT2D eigenvalue weighted by Gasteiger charge is -2.20. The second kappa shape index (κ2) is 8.53. The van der Waals surface area contributed by atoms with Gasteiger partial charge in [-0.25, -0.2) is 0 Å². The molecule has 3 aromatic rings. The number of hydrogen-bond acceptors (Lipinski definition) is 4. The smallest absolute Gasteiger partial charge is 0.386 e. The van der Waals surface area contributed by atoms with Crippen molar-refractivity contribution in [2.75, 3.05) is 0 Å². The van der Waals surface area contributed by atoms with Gasteiger partial charge in [-0.2, -0.15) is 4.57 Å². The average Bonchev–Trinajstić information content (AvgIpc) is 2.66. The zero-order chi connectivity index (χ0) is 20.1. The van der Waals surface area contributed by atoms with Crippen LogP contribution in [0, 0.1) is 13.8 Å². The van der Waals surface area contributed by atoms with E-state index < -0.39 is 7.82 Å². The summed E-state index contributed by atoms with van der Waals surface area (Å²) in [6.45, 7) is 8.17. The van der Waals surface area contributed by atoms with Crippen molar-refractivity contribution < 1.29 is 18.1 Å². The molecule has 0 aromatic heterocycles. The Labute approximate surface area is 166 Å². The molecule has 28 heavy (non-hydrogen) atoms. The van der Waals surface area contributed by atoms with E-state index in [0.717, 1.165) is 11.1 Å². The first-order valence-electron chi connectivity index (χ1n) is 9.25. The summed E-state index contributed by atoms with van der Waals surface area (Å²) in [4.78, 5) is 0. The Kier molecular flexibility index (Phi) is 6.11. The van der Waals surface area contributed by atoms with Crippen molar-refractivity contribution >= 4 is 7.82 Å². The lowest BCUT2D eigenvalue weighted by atomic mass is 10.0. The monoisotopic (exact) mass is 396 g/mol. The van der Waals surface area contributed by atoms with E-state index in [1.807, 2.05) is 50.2 Å². The van der Waals surface area contributed by atoms with Crippen LogP contribution in [0.2, 0.25) is 0 Å². The van der Waals surface area contributed by atoms with Gasteiger partial charge in [0.15, 0.2) is 0 Å². The molecule has 0 radical (unpaired) electrons. The van der Waals surface area contributed by atoms with Gasteiger partial charge in [0.05, 0.1) is 0 Å². The topological polar surface area (TPSA) is 44.8 Å². The normalized spacial score (nSPS) is 11.3. The summed E-state index contributed by atoms with van der Waals surface area (Å²) >= 11 is 0. The third-order valence-corrected chi connectivity index (χ3v) is 5.54. The van der Waals surface area contributed by atoms with E-state index in [9.17, 15) is 4.57 Å². The van der Waals surface area contributed by atoms with Gasteiger partial charge in [-0.1, -0.05) is 61.4 Å². The molecule has 0 saturated heterocycles. The van der Waals surface area contributed by atoms with E-state index >= 15 is 0 Å². The minimum absolute atomic E-state index is 0.397. The van der Waals surface area contributed by atoms with Crippen LogP contribution in [0.3, 0.4) is 0 Å². The first-order valence-corrected chi connectivity index (χ1v) is 10.7. The van der Waals surface area contributed by atoms with Crippen LogP contribution in [-0.2, 0) is 4.57 Å². The molecule has 0 spiro atoms. The molecule has 146 valence electrons. The van der Waals surface area contributed by atoms with E-state index in [1.54, 1.807) is 36.4 Å². The van der Waals surface area contributed by atoms with Crippen molar-refractivity contribution in [3.8, 4) is 17.2 Å². The molecule has 3 aromatic carbocycles. The summed E-state index contributed by atoms with van der Waals surface area (Å²) in [6.07, 6.45) is 0. The van der Waals surface area contributed by atoms with E-state index in [-0.39, 0.29) is 0 Å². The summed E-state index contributed by atoms with van der Waals surface area (Å²) in [6, 6.07) is 21.9. The van der Waals surface area contributed by atoms with Gasteiger partial charge in [-0.05, 0) is 61.7 Å². The van der Waals surface area contributed by atoms with Gasteiger partial charge < -0.3 is 13.6 Å². The number of phosphoric acid groups is 1. The van der Waals surface area contributed by atoms with Crippen molar-refractivity contribution in [1.82, 2.24) is 0 Å². The summed E-state index contributed by atoms with van der Waals surface area (Å²) < 4.78 is 30.5. The molecule has 0 bridgehead atoms. The SMILES string of the molecule is Cc1ccc(OP(=O)(Oc2ccc(C)cc2)Oc2ccc(C(C)C)cc2)cc1. The summed E-state index contributed by atoms with van der Waals surface area (Å²) in [7, 11) is -3.95. The van der Waals surface area contributed by atoms with Gasteiger partial charge in [-0.3, -0.25) is 0 Å². The summed E-state index contributed by atoms with van der Waals surface area (Å²) in [5.41, 5.74) is 3.32. The highest BCUT2D eigenvalue weighted by Crippen LogP contribution is 2.49. The maximum absolute atomic E-state index is 13.4. The molecule has 0 amide bonds. The van der Waals surface area contributed by atoms with Crippen LogP contribution in [0.5, 0.6) is 17.2 Å². The standard InChI is InChI=1S/C23H25O4P/c1-17(2)20-9-15-23(16-10-20)27-28(24,25-21-11-5-18(3)6-12-21)26-22-13-7-19(4)8-14-22/h5-17H,1-4H3. The van der Waals surface area contributed by atoms with Gasteiger partial charge in [-0.15, -0.1) is 0 Å². The van der Waals surface area contributed by atoms with Crippen LogP contribution in [0.4, 0.5) is 0 Å². The third-order valence-electron chi connectivity index (χ3n) is 4.24. The molecule has 4 nitrogen and oxygen atoms in total. The van der Waals surface area contributed by atoms with Gasteiger partial charge >= 0.3 is 7.82 Å². The number of hydrogen-bond donors (Lipinski definition) is 0. The van der Waals surface area contributed by atoms with Crippen LogP contribution in [0.15, 0.2) is 72.8 Å². The average molecular weight is 396 g/mol. The minimum atomic E-state index is -3.95. The van der Waals surface area contributed by atoms with Crippen LogP contribution < -0.4 is 13.6 Å². The fraction of sp³-hybridized carbons (Fsp3) is 0.217. The Morgan fingerprint density at radius 2 is 0.929 bits per heavy atom. The number of benzene rings is 3. The Bertz CT molecular complexity index is 894. The molecular weight excluding hydrogens is 371 g/mol. The fourth-order valence-corrected chi connectivity index (χ4v) is 3.81. The van der Waals surface area contributed by atoms with Gasteiger partial charge in [0.1, 0.15) is 17.2 Å². The lowest BCUT2D eigenvalue weighted by molar-refractivity contribution is 0.298. The van der Waals surface area contributed by atoms with Crippen LogP contribution in [0.1, 0.15) is 36.5 Å². The molecule has 0 fully saturated rings. The second-order valence-electron chi connectivity index (χ2n) is 7.07. The predicted octanol–water partition coefficient (Wildman–Crippen LogP) is 7.07. The molecule has 0 aliphatic rings. The van der Waals surface area contributed by atoms with E-state index in [2.05, 4.69) is 13.8 Å². The van der Waals surface area contributed by atoms with Crippen molar-refractivity contribution in [1.29, 1.82) is 0 Å². The molecule has 5 heteroatoms. The second-order valence-corrected chi connectivity index (χ2v) is 8.51. The molecule has 0 saturated carbocycles. The Morgan fingerprint density at radius 1 is 0.607 bits per heavy atom. The fourth-order valence-electron chi connectivity index (χ4n) is 2.56. The van der Waals surface area contributed by atoms with E-state index in [4.69, 9.17) is 13.6 Å². The molecule has 0 atom stereocenters. The maximum Gasteiger partial charge on any atom is 0.647 e. The molecular formula is C23H25O4P. The maximum atomic E-state index is 13.4. The quantitative estimate of drug-likeness (QED) is 0.401. The number of rotatable bonds is 7. The molecule has 0 aliphatic heterocycles. The summed E-state index contributed by atoms with van der Waals surface area (Å²) in [5.74, 6) is 1.65. The zero-order valence-electron chi connectivity index (χ0n) is 16.6. The first-order chi connectivity index (χ1) is 13.3. The van der Waals surface area contributed by atoms with Crippen molar-refractivity contribution in [3.05, 3.63) is 89.5 Å². The highest BCUT2D eigenvalue weighted by atomic mass is 31.2. The predicted molar refractivity (Wildman–Crippen MR) is 112 cm³/mol. The third kappa shape index (κ3) is 5.40. The van der Waals surface area contributed by atoms with E-state index in [1.165, 1.54) is 5.56 Å². The Hall–Kier alpha value is -2.71. The highest BCUT2D eigenvalue weighted by molar-refractivity contribution is 7.49. The minimum Gasteiger partial charge on any atom is -0.386 e. The summed E-state index contributed by atoms with van der Waals surface area (Å²) in [5, 5.41) is 0. The Balaban J connectivity index is 1.87. The largest absolute Gasteiger partial charge is 0.647 e. The van der Waals surface area contributed by atoms with Crippen LogP contribution in [0.25, 0.3) is 0 Å². The zero-order valence-corrected chi connectivity index (χ0v) is 17.5. The molecule has 0 N–H and O–H groups in total. The van der Waals surface area contributed by atoms with Crippen molar-refractivity contribution in [3.63, 3.8) is 0 Å². The molecule has 0 heterocycles. The molecule has 0 aliphatic carbocycles. The van der Waals surface area contributed by atoms with E-state index in [0.29, 0.717) is 23.2 Å². The lowest BCUT2D eigenvalue weighted by Crippen LogP contribution is -2.07. The Morgan fingerprint density at radius 3 is 1.25 bits per heavy atom. The van der Waals surface area contributed by atoms with Crippen LogP contribution in [-0.4, -0.2) is 0 Å². The highest BCUT2D eigenvalue weighted by Gasteiger charge is 2.33. The molecule has 3 rings (SSSR count). The number of aryl methyl sites for hydroxylation is 2. The first kappa shape index (κ1) is 20.0.